The van der Waals surface area contributed by atoms with E-state index < -0.39 is 0 Å². The highest BCUT2D eigenvalue weighted by atomic mass is 15.2. The Morgan fingerprint density at radius 1 is 0.950 bits per heavy atom. The van der Waals surface area contributed by atoms with Crippen LogP contribution >= 0.6 is 0 Å². The van der Waals surface area contributed by atoms with Crippen LogP contribution in [0.1, 0.15) is 58.8 Å². The molecule has 0 amide bonds. The van der Waals surface area contributed by atoms with Crippen LogP contribution in [-0.2, 0) is 0 Å². The molecule has 1 N–H and O–H groups in total. The molecular weight excluding hydrogens is 246 g/mol. The quantitative estimate of drug-likeness (QED) is 0.739. The largest absolute Gasteiger partial charge is 0.313 e. The summed E-state index contributed by atoms with van der Waals surface area (Å²) in [5.41, 5.74) is 0. The molecule has 1 rings (SSSR count). The van der Waals surface area contributed by atoms with Crippen LogP contribution in [0.4, 0.5) is 0 Å². The van der Waals surface area contributed by atoms with Gasteiger partial charge in [0.15, 0.2) is 0 Å². The van der Waals surface area contributed by atoms with Gasteiger partial charge in [-0.3, -0.25) is 4.90 Å². The second-order valence-corrected chi connectivity index (χ2v) is 6.51. The second-order valence-electron chi connectivity index (χ2n) is 6.51. The predicted molar refractivity (Wildman–Crippen MR) is 89.4 cm³/mol. The number of nitrogens with zero attached hydrogens (tertiary/aromatic N) is 2. The standard InChI is InChI=1S/C17H37N3/c1-5-18-16-12-9-7-8-10-13-17(16)20(6-2)15-11-14-19(3)4/h16-18H,5-15H2,1-4H3. The highest BCUT2D eigenvalue weighted by molar-refractivity contribution is 4.85. The maximum absolute atomic E-state index is 3.76. The van der Waals surface area contributed by atoms with Crippen LogP contribution in [0.15, 0.2) is 0 Å². The van der Waals surface area contributed by atoms with E-state index in [0.717, 1.165) is 12.6 Å². The molecule has 0 aromatic rings. The first-order valence-electron chi connectivity index (χ1n) is 8.81. The summed E-state index contributed by atoms with van der Waals surface area (Å²) in [6.45, 7) is 9.34. The molecule has 0 radical (unpaired) electrons. The van der Waals surface area contributed by atoms with Crippen LogP contribution < -0.4 is 5.32 Å². The molecule has 2 unspecified atom stereocenters. The summed E-state index contributed by atoms with van der Waals surface area (Å²) in [6.07, 6.45) is 9.72. The average Bonchev–Trinajstić information content (AvgIpc) is 2.39. The van der Waals surface area contributed by atoms with Gasteiger partial charge in [-0.05, 0) is 59.5 Å². The summed E-state index contributed by atoms with van der Waals surface area (Å²) in [7, 11) is 4.35. The minimum Gasteiger partial charge on any atom is -0.313 e. The minimum absolute atomic E-state index is 0.708. The number of likely N-dealkylation sites (N-methyl/N-ethyl adjacent to an activating group) is 2. The van der Waals surface area contributed by atoms with E-state index >= 15 is 0 Å². The molecule has 120 valence electrons. The van der Waals surface area contributed by atoms with Crippen LogP contribution in [0, 0.1) is 0 Å². The fraction of sp³-hybridized carbons (Fsp3) is 1.00. The van der Waals surface area contributed by atoms with Crippen molar-refractivity contribution in [1.82, 2.24) is 15.1 Å². The first kappa shape index (κ1) is 17.9. The normalized spacial score (nSPS) is 24.9. The summed E-state index contributed by atoms with van der Waals surface area (Å²) in [5.74, 6) is 0. The zero-order valence-electron chi connectivity index (χ0n) is 14.3. The summed E-state index contributed by atoms with van der Waals surface area (Å²) in [6, 6.07) is 1.46. The maximum atomic E-state index is 3.76. The average molecular weight is 284 g/mol. The smallest absolute Gasteiger partial charge is 0.0249 e. The van der Waals surface area contributed by atoms with E-state index in [9.17, 15) is 0 Å². The summed E-state index contributed by atoms with van der Waals surface area (Å²) in [5, 5.41) is 3.76. The van der Waals surface area contributed by atoms with E-state index in [2.05, 4.69) is 43.1 Å². The van der Waals surface area contributed by atoms with Gasteiger partial charge in [0.1, 0.15) is 0 Å². The van der Waals surface area contributed by atoms with E-state index in [1.807, 2.05) is 0 Å². The third-order valence-corrected chi connectivity index (χ3v) is 4.62. The van der Waals surface area contributed by atoms with E-state index in [1.165, 1.54) is 64.6 Å². The van der Waals surface area contributed by atoms with Crippen molar-refractivity contribution >= 4 is 0 Å². The molecule has 0 spiro atoms. The lowest BCUT2D eigenvalue weighted by atomic mass is 9.91. The fourth-order valence-corrected chi connectivity index (χ4v) is 3.55. The highest BCUT2D eigenvalue weighted by Gasteiger charge is 2.26. The van der Waals surface area contributed by atoms with Crippen molar-refractivity contribution in [2.75, 3.05) is 40.3 Å². The monoisotopic (exact) mass is 283 g/mol. The van der Waals surface area contributed by atoms with Crippen LogP contribution in [-0.4, -0.2) is 62.2 Å². The summed E-state index contributed by atoms with van der Waals surface area (Å²) in [4.78, 5) is 5.04. The lowest BCUT2D eigenvalue weighted by molar-refractivity contribution is 0.135. The van der Waals surface area contributed by atoms with Gasteiger partial charge in [0.2, 0.25) is 0 Å². The molecule has 0 bridgehead atoms. The van der Waals surface area contributed by atoms with Crippen molar-refractivity contribution in [2.45, 2.75) is 70.9 Å². The Morgan fingerprint density at radius 3 is 2.25 bits per heavy atom. The number of hydrogen-bond donors (Lipinski definition) is 1. The van der Waals surface area contributed by atoms with E-state index in [4.69, 9.17) is 0 Å². The molecule has 3 nitrogen and oxygen atoms in total. The fourth-order valence-electron chi connectivity index (χ4n) is 3.55. The topological polar surface area (TPSA) is 18.5 Å². The van der Waals surface area contributed by atoms with E-state index in [-0.39, 0.29) is 0 Å². The van der Waals surface area contributed by atoms with Crippen LogP contribution in [0.3, 0.4) is 0 Å². The zero-order valence-corrected chi connectivity index (χ0v) is 14.3. The van der Waals surface area contributed by atoms with Crippen LogP contribution in [0.2, 0.25) is 0 Å². The van der Waals surface area contributed by atoms with Crippen LogP contribution in [0.25, 0.3) is 0 Å². The third kappa shape index (κ3) is 6.55. The Bertz CT molecular complexity index is 230. The third-order valence-electron chi connectivity index (χ3n) is 4.62. The summed E-state index contributed by atoms with van der Waals surface area (Å²) < 4.78 is 0. The molecule has 0 saturated heterocycles. The Balaban J connectivity index is 2.56. The van der Waals surface area contributed by atoms with Gasteiger partial charge in [0.25, 0.3) is 0 Å². The van der Waals surface area contributed by atoms with Crippen molar-refractivity contribution in [3.8, 4) is 0 Å². The lowest BCUT2D eigenvalue weighted by Gasteiger charge is -2.38. The van der Waals surface area contributed by atoms with Crippen molar-refractivity contribution < 1.29 is 0 Å². The second kappa shape index (κ2) is 10.6. The van der Waals surface area contributed by atoms with Gasteiger partial charge >= 0.3 is 0 Å². The first-order chi connectivity index (χ1) is 9.69. The van der Waals surface area contributed by atoms with Crippen molar-refractivity contribution in [3.05, 3.63) is 0 Å². The molecule has 0 aliphatic heterocycles. The maximum Gasteiger partial charge on any atom is 0.0249 e. The van der Waals surface area contributed by atoms with Gasteiger partial charge in [0, 0.05) is 12.1 Å². The van der Waals surface area contributed by atoms with Gasteiger partial charge < -0.3 is 10.2 Å². The number of nitrogens with one attached hydrogen (secondary N) is 1. The molecule has 0 aromatic heterocycles. The SMILES string of the molecule is CCNC1CCCCCCC1N(CC)CCCN(C)C. The molecular formula is C17H37N3. The molecule has 0 aromatic carbocycles. The molecule has 1 aliphatic rings. The Hall–Kier alpha value is -0.120. The van der Waals surface area contributed by atoms with Gasteiger partial charge in [-0.25, -0.2) is 0 Å². The van der Waals surface area contributed by atoms with Crippen molar-refractivity contribution in [1.29, 1.82) is 0 Å². The van der Waals surface area contributed by atoms with Gasteiger partial charge in [-0.2, -0.15) is 0 Å². The number of rotatable bonds is 8. The van der Waals surface area contributed by atoms with Crippen LogP contribution in [0.5, 0.6) is 0 Å². The van der Waals surface area contributed by atoms with Crippen molar-refractivity contribution in [2.24, 2.45) is 0 Å². The van der Waals surface area contributed by atoms with Gasteiger partial charge in [0.05, 0.1) is 0 Å². The predicted octanol–water partition coefficient (Wildman–Crippen LogP) is 2.96. The molecule has 3 heteroatoms. The van der Waals surface area contributed by atoms with E-state index in [1.54, 1.807) is 0 Å². The molecule has 1 fully saturated rings. The van der Waals surface area contributed by atoms with Gasteiger partial charge in [-0.15, -0.1) is 0 Å². The first-order valence-corrected chi connectivity index (χ1v) is 8.81. The Kier molecular flexibility index (Phi) is 9.49. The number of hydrogen-bond acceptors (Lipinski definition) is 3. The van der Waals surface area contributed by atoms with Gasteiger partial charge in [-0.1, -0.05) is 39.5 Å². The molecule has 1 aliphatic carbocycles. The minimum atomic E-state index is 0.708. The van der Waals surface area contributed by atoms with E-state index in [0.29, 0.717) is 6.04 Å². The summed E-state index contributed by atoms with van der Waals surface area (Å²) >= 11 is 0. The molecule has 0 heterocycles. The highest BCUT2D eigenvalue weighted by Crippen LogP contribution is 2.22. The Labute approximate surface area is 127 Å². The molecule has 2 atom stereocenters. The van der Waals surface area contributed by atoms with Crippen molar-refractivity contribution in [3.63, 3.8) is 0 Å². The molecule has 20 heavy (non-hydrogen) atoms. The zero-order chi connectivity index (χ0) is 14.8. The molecule has 1 saturated carbocycles. The lowest BCUT2D eigenvalue weighted by Crippen LogP contribution is -2.51. The Morgan fingerprint density at radius 2 is 1.65 bits per heavy atom.